The summed E-state index contributed by atoms with van der Waals surface area (Å²) in [5, 5.41) is 12.9. The van der Waals surface area contributed by atoms with Crippen LogP contribution < -0.4 is 5.32 Å². The SMILES string of the molecule is Cc1cc(CCN2CCNCC2)c(F)c(O)c1Br. The molecule has 3 nitrogen and oxygen atoms in total. The van der Waals surface area contributed by atoms with Gasteiger partial charge in [0, 0.05) is 32.7 Å². The Balaban J connectivity index is 2.05. The average Bonchev–Trinajstić information content (AvgIpc) is 2.40. The molecule has 0 saturated carbocycles. The van der Waals surface area contributed by atoms with Gasteiger partial charge in [-0.15, -0.1) is 0 Å². The summed E-state index contributed by atoms with van der Waals surface area (Å²) in [6.45, 7) is 6.68. The quantitative estimate of drug-likeness (QED) is 0.896. The van der Waals surface area contributed by atoms with E-state index >= 15 is 0 Å². The van der Waals surface area contributed by atoms with Gasteiger partial charge >= 0.3 is 0 Å². The molecule has 0 bridgehead atoms. The molecule has 0 unspecified atom stereocenters. The molecule has 18 heavy (non-hydrogen) atoms. The molecule has 0 atom stereocenters. The largest absolute Gasteiger partial charge is 0.504 e. The van der Waals surface area contributed by atoms with Crippen LogP contribution in [0.5, 0.6) is 5.75 Å². The number of aromatic hydroxyl groups is 1. The molecule has 2 N–H and O–H groups in total. The predicted molar refractivity (Wildman–Crippen MR) is 73.5 cm³/mol. The zero-order chi connectivity index (χ0) is 13.1. The van der Waals surface area contributed by atoms with Crippen LogP contribution >= 0.6 is 15.9 Å². The van der Waals surface area contributed by atoms with Crippen LogP contribution in [-0.2, 0) is 6.42 Å². The summed E-state index contributed by atoms with van der Waals surface area (Å²) in [6.07, 6.45) is 0.632. The third-order valence-electron chi connectivity index (χ3n) is 3.34. The maximum absolute atomic E-state index is 13.9. The second kappa shape index (κ2) is 5.99. The Labute approximate surface area is 115 Å². The smallest absolute Gasteiger partial charge is 0.169 e. The van der Waals surface area contributed by atoms with E-state index < -0.39 is 5.82 Å². The van der Waals surface area contributed by atoms with Crippen molar-refractivity contribution in [1.29, 1.82) is 0 Å². The van der Waals surface area contributed by atoms with E-state index in [1.165, 1.54) is 0 Å². The fourth-order valence-electron chi connectivity index (χ4n) is 2.22. The summed E-state index contributed by atoms with van der Waals surface area (Å²) >= 11 is 3.18. The Bertz CT molecular complexity index is 433. The van der Waals surface area contributed by atoms with Crippen molar-refractivity contribution in [3.8, 4) is 5.75 Å². The monoisotopic (exact) mass is 316 g/mol. The molecule has 0 aliphatic carbocycles. The van der Waals surface area contributed by atoms with Gasteiger partial charge in [-0.25, -0.2) is 4.39 Å². The van der Waals surface area contributed by atoms with Crippen LogP contribution in [0.3, 0.4) is 0 Å². The summed E-state index contributed by atoms with van der Waals surface area (Å²) in [5.41, 5.74) is 1.45. The zero-order valence-corrected chi connectivity index (χ0v) is 12.1. The molecule has 1 aromatic carbocycles. The van der Waals surface area contributed by atoms with Gasteiger partial charge in [0.1, 0.15) is 0 Å². The van der Waals surface area contributed by atoms with Crippen molar-refractivity contribution < 1.29 is 9.50 Å². The second-order valence-corrected chi connectivity index (χ2v) is 5.46. The van der Waals surface area contributed by atoms with Crippen molar-refractivity contribution in [1.82, 2.24) is 10.2 Å². The van der Waals surface area contributed by atoms with Gasteiger partial charge in [-0.1, -0.05) is 6.07 Å². The number of hydrogen-bond donors (Lipinski definition) is 2. The maximum Gasteiger partial charge on any atom is 0.169 e. The van der Waals surface area contributed by atoms with Crippen molar-refractivity contribution in [3.63, 3.8) is 0 Å². The van der Waals surface area contributed by atoms with E-state index in [2.05, 4.69) is 26.1 Å². The lowest BCUT2D eigenvalue weighted by atomic mass is 10.1. The molecule has 1 aliphatic heterocycles. The second-order valence-electron chi connectivity index (χ2n) is 4.67. The normalized spacial score (nSPS) is 17.1. The molecular formula is C13H18BrFN2O. The molecule has 1 heterocycles. The molecular weight excluding hydrogens is 299 g/mol. The minimum absolute atomic E-state index is 0.273. The highest BCUT2D eigenvalue weighted by Crippen LogP contribution is 2.32. The zero-order valence-electron chi connectivity index (χ0n) is 10.5. The Morgan fingerprint density at radius 3 is 2.78 bits per heavy atom. The number of halogens is 2. The first kappa shape index (κ1) is 13.8. The summed E-state index contributed by atoms with van der Waals surface area (Å²) in [5.74, 6) is -0.770. The number of benzene rings is 1. The Morgan fingerprint density at radius 2 is 2.11 bits per heavy atom. The van der Waals surface area contributed by atoms with Crippen LogP contribution in [0.15, 0.2) is 10.5 Å². The lowest BCUT2D eigenvalue weighted by molar-refractivity contribution is 0.243. The topological polar surface area (TPSA) is 35.5 Å². The molecule has 5 heteroatoms. The molecule has 1 saturated heterocycles. The first-order valence-electron chi connectivity index (χ1n) is 6.19. The van der Waals surface area contributed by atoms with E-state index in [1.54, 1.807) is 6.07 Å². The minimum atomic E-state index is -0.498. The van der Waals surface area contributed by atoms with Crippen LogP contribution in [-0.4, -0.2) is 42.7 Å². The maximum atomic E-state index is 13.9. The highest BCUT2D eigenvalue weighted by atomic mass is 79.9. The Morgan fingerprint density at radius 1 is 1.44 bits per heavy atom. The molecule has 100 valence electrons. The van der Waals surface area contributed by atoms with Crippen LogP contribution in [0.25, 0.3) is 0 Å². The van der Waals surface area contributed by atoms with Gasteiger partial charge in [0.25, 0.3) is 0 Å². The number of phenolic OH excluding ortho intramolecular Hbond substituents is 1. The fraction of sp³-hybridized carbons (Fsp3) is 0.538. The Hall–Kier alpha value is -0.650. The highest BCUT2D eigenvalue weighted by Gasteiger charge is 2.15. The van der Waals surface area contributed by atoms with Gasteiger partial charge in [-0.3, -0.25) is 0 Å². The van der Waals surface area contributed by atoms with Crippen molar-refractivity contribution in [2.45, 2.75) is 13.3 Å². The molecule has 1 aliphatic rings. The molecule has 2 rings (SSSR count). The number of nitrogens with one attached hydrogen (secondary N) is 1. The van der Waals surface area contributed by atoms with E-state index in [0.717, 1.165) is 38.3 Å². The van der Waals surface area contributed by atoms with Gasteiger partial charge in [0.05, 0.1) is 4.47 Å². The van der Waals surface area contributed by atoms with E-state index in [-0.39, 0.29) is 5.75 Å². The summed E-state index contributed by atoms with van der Waals surface area (Å²) < 4.78 is 14.3. The van der Waals surface area contributed by atoms with Gasteiger partial charge in [-0.05, 0) is 40.4 Å². The first-order chi connectivity index (χ1) is 8.59. The number of hydrogen-bond acceptors (Lipinski definition) is 3. The summed E-state index contributed by atoms with van der Waals surface area (Å²) in [7, 11) is 0. The standard InChI is InChI=1S/C13H18BrFN2O/c1-9-8-10(12(15)13(18)11(9)14)2-5-17-6-3-16-4-7-17/h8,16,18H,2-7H2,1H3. The van der Waals surface area contributed by atoms with Crippen molar-refractivity contribution in [2.24, 2.45) is 0 Å². The van der Waals surface area contributed by atoms with Crippen molar-refractivity contribution in [2.75, 3.05) is 32.7 Å². The van der Waals surface area contributed by atoms with Crippen LogP contribution in [0, 0.1) is 12.7 Å². The molecule has 0 radical (unpaired) electrons. The number of aryl methyl sites for hydroxylation is 1. The summed E-state index contributed by atoms with van der Waals surface area (Å²) in [4.78, 5) is 2.31. The van der Waals surface area contributed by atoms with Crippen molar-refractivity contribution >= 4 is 15.9 Å². The number of phenols is 1. The number of rotatable bonds is 3. The van der Waals surface area contributed by atoms with E-state index in [0.29, 0.717) is 16.5 Å². The van der Waals surface area contributed by atoms with Crippen LogP contribution in [0.4, 0.5) is 4.39 Å². The molecule has 0 aromatic heterocycles. The third-order valence-corrected chi connectivity index (χ3v) is 4.34. The van der Waals surface area contributed by atoms with Crippen LogP contribution in [0.1, 0.15) is 11.1 Å². The van der Waals surface area contributed by atoms with Crippen molar-refractivity contribution in [3.05, 3.63) is 27.5 Å². The van der Waals surface area contributed by atoms with E-state index in [9.17, 15) is 9.50 Å². The van der Waals surface area contributed by atoms with E-state index in [1.807, 2.05) is 6.92 Å². The lowest BCUT2D eigenvalue weighted by Crippen LogP contribution is -2.44. The highest BCUT2D eigenvalue weighted by molar-refractivity contribution is 9.10. The Kier molecular flexibility index (Phi) is 4.59. The van der Waals surface area contributed by atoms with Gasteiger partial charge in [0.2, 0.25) is 0 Å². The molecule has 1 fully saturated rings. The molecule has 0 amide bonds. The fourth-order valence-corrected chi connectivity index (χ4v) is 2.51. The number of nitrogens with zero attached hydrogens (tertiary/aromatic N) is 1. The van der Waals surface area contributed by atoms with E-state index in [4.69, 9.17) is 0 Å². The predicted octanol–water partition coefficient (Wildman–Crippen LogP) is 2.05. The number of piperazine rings is 1. The third kappa shape index (κ3) is 3.02. The first-order valence-corrected chi connectivity index (χ1v) is 6.98. The minimum Gasteiger partial charge on any atom is -0.504 e. The van der Waals surface area contributed by atoms with Crippen LogP contribution in [0.2, 0.25) is 0 Å². The molecule has 0 spiro atoms. The average molecular weight is 317 g/mol. The summed E-state index contributed by atoms with van der Waals surface area (Å²) in [6, 6.07) is 1.81. The van der Waals surface area contributed by atoms with Gasteiger partial charge in [-0.2, -0.15) is 0 Å². The molecule has 1 aromatic rings. The van der Waals surface area contributed by atoms with Gasteiger partial charge < -0.3 is 15.3 Å². The lowest BCUT2D eigenvalue weighted by Gasteiger charge is -2.27. The van der Waals surface area contributed by atoms with Gasteiger partial charge in [0.15, 0.2) is 11.6 Å².